The van der Waals surface area contributed by atoms with Crippen LogP contribution in [0.3, 0.4) is 0 Å². The molecule has 5 aromatic carbocycles. The molecule has 0 radical (unpaired) electrons. The van der Waals surface area contributed by atoms with Gasteiger partial charge in [-0.3, -0.25) is 0 Å². The minimum Gasteiger partial charge on any atom is -0.311 e. The van der Waals surface area contributed by atoms with E-state index in [1.54, 1.807) is 0 Å². The third-order valence-corrected chi connectivity index (χ3v) is 9.24. The van der Waals surface area contributed by atoms with Crippen LogP contribution in [0.2, 0.25) is 0 Å². The molecule has 0 fully saturated rings. The fourth-order valence-corrected chi connectivity index (χ4v) is 7.12. The van der Waals surface area contributed by atoms with Gasteiger partial charge in [0.1, 0.15) is 0 Å². The van der Waals surface area contributed by atoms with Gasteiger partial charge in [-0.1, -0.05) is 113 Å². The quantitative estimate of drug-likeness (QED) is 0.202. The Kier molecular flexibility index (Phi) is 6.22. The van der Waals surface area contributed by atoms with E-state index in [2.05, 4.69) is 130 Å². The van der Waals surface area contributed by atoms with Crippen molar-refractivity contribution >= 4 is 40.4 Å². The molecule has 5 aromatic rings. The number of fused-ring (bicyclic) bond motifs is 4. The number of para-hydroxylation sites is 1. The molecule has 0 N–H and O–H groups in total. The van der Waals surface area contributed by atoms with Gasteiger partial charge in [0.05, 0.1) is 11.6 Å². The molecular weight excluding hydrogens is 520 g/mol. The van der Waals surface area contributed by atoms with Crippen LogP contribution in [0.15, 0.2) is 121 Å². The molecule has 2 aliphatic carbocycles. The van der Waals surface area contributed by atoms with Crippen molar-refractivity contribution in [1.29, 1.82) is 5.26 Å². The van der Waals surface area contributed by atoms with Crippen LogP contribution in [0, 0.1) is 11.3 Å². The zero-order valence-corrected chi connectivity index (χ0v) is 25.1. The number of rotatable bonds is 5. The lowest BCUT2D eigenvalue weighted by Gasteiger charge is -2.28. The molecule has 0 unspecified atom stereocenters. The number of nitrogens with zero attached hydrogens (tertiary/aromatic N) is 2. The normalized spacial score (nSPS) is 15.6. The van der Waals surface area contributed by atoms with Crippen molar-refractivity contribution in [3.8, 4) is 6.07 Å². The Labute approximate surface area is 254 Å². The summed E-state index contributed by atoms with van der Waals surface area (Å²) in [4.78, 5) is 2.21. The van der Waals surface area contributed by atoms with Gasteiger partial charge in [-0.25, -0.2) is 0 Å². The summed E-state index contributed by atoms with van der Waals surface area (Å²) in [5.74, 6) is 0. The Morgan fingerprint density at radius 1 is 0.535 bits per heavy atom. The predicted octanol–water partition coefficient (Wildman–Crippen LogP) is 10.7. The second-order valence-electron chi connectivity index (χ2n) is 12.6. The first-order chi connectivity index (χ1) is 20.8. The third-order valence-electron chi connectivity index (χ3n) is 9.24. The SMILES string of the molecule is CC1(C)C2=C(c3ccccc31)C(C)(C)c1cc(/C=C/c3ccc(N(c4ccccc4)c4ccc(C#N)cc4)cc3)ccc12. The first-order valence-corrected chi connectivity index (χ1v) is 14.9. The summed E-state index contributed by atoms with van der Waals surface area (Å²) in [6, 6.07) is 44.8. The zero-order valence-electron chi connectivity index (χ0n) is 25.1. The molecule has 0 aliphatic heterocycles. The molecular formula is C41H34N2. The van der Waals surface area contributed by atoms with E-state index in [9.17, 15) is 5.26 Å². The Balaban J connectivity index is 1.17. The number of hydrogen-bond acceptors (Lipinski definition) is 2. The van der Waals surface area contributed by atoms with Gasteiger partial charge in [0.15, 0.2) is 0 Å². The molecule has 0 aromatic heterocycles. The van der Waals surface area contributed by atoms with Crippen LogP contribution in [0.1, 0.15) is 66.6 Å². The van der Waals surface area contributed by atoms with Crippen LogP contribution in [0.25, 0.3) is 23.3 Å². The highest BCUT2D eigenvalue weighted by Gasteiger charge is 2.49. The second-order valence-corrected chi connectivity index (χ2v) is 12.6. The summed E-state index contributed by atoms with van der Waals surface area (Å²) in [5, 5.41) is 9.26. The molecule has 0 saturated heterocycles. The molecule has 2 nitrogen and oxygen atoms in total. The molecule has 0 bridgehead atoms. The monoisotopic (exact) mass is 554 g/mol. The maximum absolute atomic E-state index is 9.26. The minimum atomic E-state index is -0.0492. The summed E-state index contributed by atoms with van der Waals surface area (Å²) in [7, 11) is 0. The number of anilines is 3. The summed E-state index contributed by atoms with van der Waals surface area (Å²) in [5.41, 5.74) is 14.8. The van der Waals surface area contributed by atoms with Gasteiger partial charge in [-0.2, -0.15) is 5.26 Å². The van der Waals surface area contributed by atoms with E-state index in [1.165, 1.54) is 39.0 Å². The van der Waals surface area contributed by atoms with Gasteiger partial charge in [0.25, 0.3) is 0 Å². The second kappa shape index (κ2) is 10.0. The zero-order chi connectivity index (χ0) is 29.8. The van der Waals surface area contributed by atoms with Crippen molar-refractivity contribution in [2.45, 2.75) is 38.5 Å². The third kappa shape index (κ3) is 4.32. The van der Waals surface area contributed by atoms with Crippen molar-refractivity contribution < 1.29 is 0 Å². The van der Waals surface area contributed by atoms with E-state index >= 15 is 0 Å². The van der Waals surface area contributed by atoms with E-state index in [-0.39, 0.29) is 10.8 Å². The molecule has 0 spiro atoms. The average molecular weight is 555 g/mol. The molecule has 0 atom stereocenters. The molecule has 0 saturated carbocycles. The topological polar surface area (TPSA) is 27.0 Å². The van der Waals surface area contributed by atoms with Crippen LogP contribution < -0.4 is 4.90 Å². The van der Waals surface area contributed by atoms with Crippen molar-refractivity contribution in [3.05, 3.63) is 160 Å². The van der Waals surface area contributed by atoms with E-state index < -0.39 is 0 Å². The molecule has 208 valence electrons. The minimum absolute atomic E-state index is 0.00105. The first-order valence-electron chi connectivity index (χ1n) is 14.9. The van der Waals surface area contributed by atoms with E-state index in [4.69, 9.17) is 0 Å². The van der Waals surface area contributed by atoms with Crippen molar-refractivity contribution in [3.63, 3.8) is 0 Å². The number of hydrogen-bond donors (Lipinski definition) is 0. The van der Waals surface area contributed by atoms with Gasteiger partial charge in [0, 0.05) is 27.9 Å². The number of allylic oxidation sites excluding steroid dienone is 2. The molecule has 7 rings (SSSR count). The number of benzene rings is 5. The highest BCUT2D eigenvalue weighted by Crippen LogP contribution is 2.62. The summed E-state index contributed by atoms with van der Waals surface area (Å²) in [6.07, 6.45) is 4.42. The standard InChI is InChI=1S/C41H34N2/c1-40(2)36-13-9-8-12-34(36)38-39(40)35-25-20-29(26-37(35)41(38,3)4)15-14-28-16-21-32(22-17-28)43(31-10-6-5-7-11-31)33-23-18-30(27-42)19-24-33/h5-26H,1-4H3/b15-14+. The molecule has 2 heteroatoms. The lowest BCUT2D eigenvalue weighted by molar-refractivity contribution is 0.694. The van der Waals surface area contributed by atoms with Gasteiger partial charge >= 0.3 is 0 Å². The molecule has 0 amide bonds. The molecule has 43 heavy (non-hydrogen) atoms. The number of nitriles is 1. The lowest BCUT2D eigenvalue weighted by atomic mass is 9.75. The van der Waals surface area contributed by atoms with Gasteiger partial charge in [0.2, 0.25) is 0 Å². The van der Waals surface area contributed by atoms with Gasteiger partial charge in [-0.05, 0) is 93.1 Å². The Morgan fingerprint density at radius 2 is 1.05 bits per heavy atom. The predicted molar refractivity (Wildman–Crippen MR) is 181 cm³/mol. The van der Waals surface area contributed by atoms with Crippen LogP contribution in [0.4, 0.5) is 17.1 Å². The Bertz CT molecular complexity index is 1950. The van der Waals surface area contributed by atoms with E-state index in [1.807, 2.05) is 42.5 Å². The summed E-state index contributed by atoms with van der Waals surface area (Å²) < 4.78 is 0. The van der Waals surface area contributed by atoms with Crippen molar-refractivity contribution in [2.24, 2.45) is 0 Å². The smallest absolute Gasteiger partial charge is 0.0991 e. The maximum Gasteiger partial charge on any atom is 0.0991 e. The van der Waals surface area contributed by atoms with Crippen LogP contribution >= 0.6 is 0 Å². The average Bonchev–Trinajstić information content (AvgIpc) is 3.43. The highest BCUT2D eigenvalue weighted by atomic mass is 15.1. The summed E-state index contributed by atoms with van der Waals surface area (Å²) in [6.45, 7) is 9.50. The van der Waals surface area contributed by atoms with E-state index in [0.29, 0.717) is 5.56 Å². The fourth-order valence-electron chi connectivity index (χ4n) is 7.12. The Morgan fingerprint density at radius 3 is 1.72 bits per heavy atom. The maximum atomic E-state index is 9.26. The molecule has 0 heterocycles. The summed E-state index contributed by atoms with van der Waals surface area (Å²) >= 11 is 0. The van der Waals surface area contributed by atoms with Gasteiger partial charge < -0.3 is 4.90 Å². The van der Waals surface area contributed by atoms with Crippen LogP contribution in [-0.2, 0) is 10.8 Å². The van der Waals surface area contributed by atoms with Crippen molar-refractivity contribution in [1.82, 2.24) is 0 Å². The van der Waals surface area contributed by atoms with Gasteiger partial charge in [-0.15, -0.1) is 0 Å². The largest absolute Gasteiger partial charge is 0.311 e. The Hall–Kier alpha value is -5.13. The molecule has 2 aliphatic rings. The first kappa shape index (κ1) is 26.7. The van der Waals surface area contributed by atoms with E-state index in [0.717, 1.165) is 22.6 Å². The highest BCUT2D eigenvalue weighted by molar-refractivity contribution is 6.09. The van der Waals surface area contributed by atoms with Crippen LogP contribution in [0.5, 0.6) is 0 Å². The lowest BCUT2D eigenvalue weighted by Crippen LogP contribution is -2.19. The fraction of sp³-hybridized carbons (Fsp3) is 0.146. The van der Waals surface area contributed by atoms with Crippen LogP contribution in [-0.4, -0.2) is 0 Å². The van der Waals surface area contributed by atoms with Crippen molar-refractivity contribution in [2.75, 3.05) is 4.90 Å².